The lowest BCUT2D eigenvalue weighted by Gasteiger charge is -2.04. The number of nitrogens with zero attached hydrogens (tertiary/aromatic N) is 2. The Balaban J connectivity index is 2.01. The third-order valence-corrected chi connectivity index (χ3v) is 3.43. The normalized spacial score (nSPS) is 11.2. The summed E-state index contributed by atoms with van der Waals surface area (Å²) in [6.07, 6.45) is -4.66. The van der Waals surface area contributed by atoms with E-state index < -0.39 is 17.4 Å². The van der Waals surface area contributed by atoms with E-state index in [1.807, 2.05) is 30.3 Å². The molecule has 3 aromatic rings. The zero-order valence-electron chi connectivity index (χ0n) is 11.7. The van der Waals surface area contributed by atoms with Gasteiger partial charge < -0.3 is 0 Å². The van der Waals surface area contributed by atoms with Gasteiger partial charge in [0, 0.05) is 5.56 Å². The van der Waals surface area contributed by atoms with Crippen LogP contribution in [0.5, 0.6) is 0 Å². The lowest BCUT2D eigenvalue weighted by molar-refractivity contribution is -0.141. The highest BCUT2D eigenvalue weighted by molar-refractivity contribution is 5.72. The molecule has 0 radical (unpaired) electrons. The second kappa shape index (κ2) is 5.61. The minimum atomic E-state index is -4.66. The molecule has 0 saturated carbocycles. The number of alkyl halides is 3. The van der Waals surface area contributed by atoms with Gasteiger partial charge in [0.05, 0.1) is 5.69 Å². The van der Waals surface area contributed by atoms with Gasteiger partial charge in [-0.15, -0.1) is 0 Å². The van der Waals surface area contributed by atoms with Crippen molar-refractivity contribution in [3.05, 3.63) is 65.9 Å². The molecule has 3 rings (SSSR count). The first-order valence-electron chi connectivity index (χ1n) is 6.72. The Morgan fingerprint density at radius 3 is 2.00 bits per heavy atom. The molecule has 0 amide bonds. The van der Waals surface area contributed by atoms with E-state index in [-0.39, 0.29) is 5.69 Å². The molecule has 114 valence electrons. The Morgan fingerprint density at radius 2 is 1.43 bits per heavy atom. The van der Waals surface area contributed by atoms with Crippen LogP contribution in [0.25, 0.3) is 22.4 Å². The summed E-state index contributed by atoms with van der Waals surface area (Å²) < 4.78 is 38.4. The van der Waals surface area contributed by atoms with Crippen LogP contribution in [0.15, 0.2) is 54.6 Å². The van der Waals surface area contributed by atoms with Crippen molar-refractivity contribution in [3.8, 4) is 28.5 Å². The van der Waals surface area contributed by atoms with Gasteiger partial charge in [-0.3, -0.25) is 5.10 Å². The molecule has 0 unspecified atom stereocenters. The SMILES string of the molecule is N#Cc1c(C(F)(F)F)n[nH]c1-c1ccc(-c2ccccc2)cc1. The summed E-state index contributed by atoms with van der Waals surface area (Å²) in [5.41, 5.74) is 0.791. The van der Waals surface area contributed by atoms with E-state index in [2.05, 4.69) is 10.2 Å². The van der Waals surface area contributed by atoms with Crippen molar-refractivity contribution in [1.29, 1.82) is 5.26 Å². The van der Waals surface area contributed by atoms with Crippen molar-refractivity contribution in [2.45, 2.75) is 6.18 Å². The highest BCUT2D eigenvalue weighted by Gasteiger charge is 2.38. The number of rotatable bonds is 2. The molecular weight excluding hydrogens is 303 g/mol. The Labute approximate surface area is 130 Å². The Kier molecular flexibility index (Phi) is 3.62. The molecule has 0 fully saturated rings. The van der Waals surface area contributed by atoms with Crippen molar-refractivity contribution in [3.63, 3.8) is 0 Å². The monoisotopic (exact) mass is 313 g/mol. The molecule has 6 heteroatoms. The maximum atomic E-state index is 12.8. The number of benzene rings is 2. The molecule has 0 atom stereocenters. The van der Waals surface area contributed by atoms with E-state index in [9.17, 15) is 13.2 Å². The zero-order chi connectivity index (χ0) is 16.4. The molecule has 23 heavy (non-hydrogen) atoms. The average molecular weight is 313 g/mol. The fourth-order valence-electron chi connectivity index (χ4n) is 2.32. The summed E-state index contributed by atoms with van der Waals surface area (Å²) in [7, 11) is 0. The molecule has 0 saturated heterocycles. The predicted molar refractivity (Wildman–Crippen MR) is 79.2 cm³/mol. The highest BCUT2D eigenvalue weighted by atomic mass is 19.4. The van der Waals surface area contributed by atoms with Gasteiger partial charge in [0.2, 0.25) is 0 Å². The van der Waals surface area contributed by atoms with Gasteiger partial charge in [0.1, 0.15) is 11.6 Å². The predicted octanol–water partition coefficient (Wildman–Crippen LogP) is 4.63. The summed E-state index contributed by atoms with van der Waals surface area (Å²) in [6.45, 7) is 0. The fourth-order valence-corrected chi connectivity index (χ4v) is 2.32. The van der Waals surface area contributed by atoms with Crippen molar-refractivity contribution in [1.82, 2.24) is 10.2 Å². The molecule has 1 aromatic heterocycles. The first kappa shape index (κ1) is 14.9. The molecule has 1 N–H and O–H groups in total. The first-order valence-corrected chi connectivity index (χ1v) is 6.72. The lowest BCUT2D eigenvalue weighted by atomic mass is 10.0. The van der Waals surface area contributed by atoms with Crippen molar-refractivity contribution < 1.29 is 13.2 Å². The molecule has 2 aromatic carbocycles. The van der Waals surface area contributed by atoms with Gasteiger partial charge in [-0.05, 0) is 11.1 Å². The summed E-state index contributed by atoms with van der Waals surface area (Å²) in [5, 5.41) is 14.6. The van der Waals surface area contributed by atoms with Crippen LogP contribution >= 0.6 is 0 Å². The van der Waals surface area contributed by atoms with E-state index in [1.165, 1.54) is 0 Å². The van der Waals surface area contributed by atoms with Gasteiger partial charge in [-0.2, -0.15) is 23.5 Å². The smallest absolute Gasteiger partial charge is 0.276 e. The zero-order valence-corrected chi connectivity index (χ0v) is 11.7. The summed E-state index contributed by atoms with van der Waals surface area (Å²) in [4.78, 5) is 0. The maximum absolute atomic E-state index is 12.8. The van der Waals surface area contributed by atoms with Crippen LogP contribution in [0.4, 0.5) is 13.2 Å². The van der Waals surface area contributed by atoms with Crippen LogP contribution in [0, 0.1) is 11.3 Å². The van der Waals surface area contributed by atoms with Gasteiger partial charge in [0.15, 0.2) is 5.69 Å². The van der Waals surface area contributed by atoms with Gasteiger partial charge in [0.25, 0.3) is 0 Å². The number of aromatic nitrogens is 2. The van der Waals surface area contributed by atoms with Crippen molar-refractivity contribution in [2.24, 2.45) is 0 Å². The second-order valence-electron chi connectivity index (χ2n) is 4.88. The summed E-state index contributed by atoms with van der Waals surface area (Å²) >= 11 is 0. The standard InChI is InChI=1S/C17H10F3N3/c18-17(19,20)16-14(10-21)15(22-23-16)13-8-6-12(7-9-13)11-4-2-1-3-5-11/h1-9H,(H,22,23). The number of H-pyrrole nitrogens is 1. The van der Waals surface area contributed by atoms with Crippen molar-refractivity contribution >= 4 is 0 Å². The molecule has 3 nitrogen and oxygen atoms in total. The van der Waals surface area contributed by atoms with Gasteiger partial charge in [-0.1, -0.05) is 54.6 Å². The molecule has 0 aliphatic carbocycles. The Hall–Kier alpha value is -3.07. The molecule has 0 spiro atoms. The molecule has 0 aliphatic rings. The number of halogens is 3. The third kappa shape index (κ3) is 2.81. The van der Waals surface area contributed by atoms with Crippen LogP contribution < -0.4 is 0 Å². The van der Waals surface area contributed by atoms with E-state index in [0.29, 0.717) is 5.56 Å². The molecule has 0 aliphatic heterocycles. The highest BCUT2D eigenvalue weighted by Crippen LogP contribution is 2.34. The average Bonchev–Trinajstić information content (AvgIpc) is 3.00. The Bertz CT molecular complexity index is 857. The molecule has 0 bridgehead atoms. The quantitative estimate of drug-likeness (QED) is 0.749. The Morgan fingerprint density at radius 1 is 0.870 bits per heavy atom. The van der Waals surface area contributed by atoms with Gasteiger partial charge >= 0.3 is 6.18 Å². The first-order chi connectivity index (χ1) is 11.0. The number of hydrogen-bond acceptors (Lipinski definition) is 2. The molecular formula is C17H10F3N3. The summed E-state index contributed by atoms with van der Waals surface area (Å²) in [5.74, 6) is 0. The van der Waals surface area contributed by atoms with Crippen LogP contribution in [0.3, 0.4) is 0 Å². The number of aromatic amines is 1. The lowest BCUT2D eigenvalue weighted by Crippen LogP contribution is -2.07. The van der Waals surface area contributed by atoms with Gasteiger partial charge in [-0.25, -0.2) is 0 Å². The summed E-state index contributed by atoms with van der Waals surface area (Å²) in [6, 6.07) is 18.1. The fraction of sp³-hybridized carbons (Fsp3) is 0.0588. The maximum Gasteiger partial charge on any atom is 0.436 e. The van der Waals surface area contributed by atoms with E-state index in [0.717, 1.165) is 11.1 Å². The van der Waals surface area contributed by atoms with Crippen LogP contribution in [0.1, 0.15) is 11.3 Å². The second-order valence-corrected chi connectivity index (χ2v) is 4.88. The van der Waals surface area contributed by atoms with Crippen LogP contribution in [-0.2, 0) is 6.18 Å². The van der Waals surface area contributed by atoms with E-state index >= 15 is 0 Å². The number of hydrogen-bond donors (Lipinski definition) is 1. The number of nitriles is 1. The topological polar surface area (TPSA) is 52.5 Å². The largest absolute Gasteiger partial charge is 0.436 e. The third-order valence-electron chi connectivity index (χ3n) is 3.43. The molecule has 1 heterocycles. The minimum absolute atomic E-state index is 0.0689. The minimum Gasteiger partial charge on any atom is -0.276 e. The van der Waals surface area contributed by atoms with E-state index in [1.54, 1.807) is 30.3 Å². The van der Waals surface area contributed by atoms with Crippen LogP contribution in [-0.4, -0.2) is 10.2 Å². The van der Waals surface area contributed by atoms with Crippen molar-refractivity contribution in [2.75, 3.05) is 0 Å². The number of nitrogens with one attached hydrogen (secondary N) is 1. The van der Waals surface area contributed by atoms with E-state index in [4.69, 9.17) is 5.26 Å². The van der Waals surface area contributed by atoms with Crippen LogP contribution in [0.2, 0.25) is 0 Å².